The van der Waals surface area contributed by atoms with Crippen LogP contribution >= 0.6 is 0 Å². The molecule has 0 aromatic heterocycles. The van der Waals surface area contributed by atoms with Crippen LogP contribution in [0.5, 0.6) is 0 Å². The Balaban J connectivity index is 1.62. The minimum atomic E-state index is 0.114. The van der Waals surface area contributed by atoms with Crippen LogP contribution in [0.3, 0.4) is 0 Å². The molecule has 0 radical (unpaired) electrons. The maximum absolute atomic E-state index is 5.67. The fourth-order valence-corrected chi connectivity index (χ4v) is 5.05. The van der Waals surface area contributed by atoms with Gasteiger partial charge in [-0.15, -0.1) is 0 Å². The van der Waals surface area contributed by atoms with Crippen molar-refractivity contribution in [3.05, 3.63) is 0 Å². The van der Waals surface area contributed by atoms with E-state index in [0.29, 0.717) is 0 Å². The summed E-state index contributed by atoms with van der Waals surface area (Å²) in [4.78, 5) is 5.51. The molecule has 0 amide bonds. The fourth-order valence-electron chi connectivity index (χ4n) is 5.05. The molecule has 0 saturated carbocycles. The summed E-state index contributed by atoms with van der Waals surface area (Å²) in [5.74, 6) is 0.114. The molecular formula is C17H33N5O. The zero-order valence-corrected chi connectivity index (χ0v) is 14.5. The predicted octanol–water partition coefficient (Wildman–Crippen LogP) is 0.374. The van der Waals surface area contributed by atoms with E-state index in [1.54, 1.807) is 0 Å². The fraction of sp³-hybridized carbons (Fsp3) is 1.00. The van der Waals surface area contributed by atoms with Crippen LogP contribution < -0.4 is 5.32 Å². The third kappa shape index (κ3) is 3.05. The second-order valence-corrected chi connectivity index (χ2v) is 7.35. The van der Waals surface area contributed by atoms with Crippen molar-refractivity contribution >= 4 is 0 Å². The maximum atomic E-state index is 5.67. The van der Waals surface area contributed by atoms with Crippen LogP contribution in [0.1, 0.15) is 32.1 Å². The van der Waals surface area contributed by atoms with E-state index in [-0.39, 0.29) is 5.79 Å². The Hall–Kier alpha value is -0.240. The third-order valence-corrected chi connectivity index (χ3v) is 6.11. The van der Waals surface area contributed by atoms with Crippen LogP contribution in [-0.4, -0.2) is 97.7 Å². The summed E-state index contributed by atoms with van der Waals surface area (Å²) in [6.45, 7) is 12.2. The van der Waals surface area contributed by atoms with E-state index in [2.05, 4.69) is 25.1 Å². The lowest BCUT2D eigenvalue weighted by molar-refractivity contribution is -0.244. The largest absolute Gasteiger partial charge is 0.379 e. The number of ether oxygens (including phenoxy) is 1. The monoisotopic (exact) mass is 323 g/mol. The smallest absolute Gasteiger partial charge is 0.144 e. The van der Waals surface area contributed by atoms with Gasteiger partial charge in [0.1, 0.15) is 5.79 Å². The highest BCUT2D eigenvalue weighted by Crippen LogP contribution is 2.38. The molecule has 132 valence electrons. The molecule has 0 aliphatic carbocycles. The van der Waals surface area contributed by atoms with Gasteiger partial charge in [-0.25, -0.2) is 10.0 Å². The first-order valence-electron chi connectivity index (χ1n) is 9.72. The lowest BCUT2D eigenvalue weighted by Gasteiger charge is -2.58. The Kier molecular flexibility index (Phi) is 5.18. The molecule has 0 spiro atoms. The SMILES string of the molecule is C1CCN(N2CCCC2(N2CCNCC2)N2CCOCC2)CC1. The molecule has 1 atom stereocenters. The van der Waals surface area contributed by atoms with Gasteiger partial charge in [0.25, 0.3) is 0 Å². The molecule has 4 rings (SSSR count). The number of rotatable bonds is 3. The van der Waals surface area contributed by atoms with Crippen molar-refractivity contribution in [2.45, 2.75) is 37.9 Å². The highest BCUT2D eigenvalue weighted by atomic mass is 16.5. The van der Waals surface area contributed by atoms with Gasteiger partial charge in [0.05, 0.1) is 13.2 Å². The van der Waals surface area contributed by atoms with Gasteiger partial charge in [-0.05, 0) is 25.7 Å². The molecule has 0 aromatic rings. The Bertz CT molecular complexity index is 357. The van der Waals surface area contributed by atoms with Gasteiger partial charge in [0, 0.05) is 58.9 Å². The number of hydrazine groups is 1. The molecule has 4 saturated heterocycles. The second kappa shape index (κ2) is 7.33. The maximum Gasteiger partial charge on any atom is 0.144 e. The summed E-state index contributed by atoms with van der Waals surface area (Å²) in [5.41, 5.74) is 0. The zero-order valence-electron chi connectivity index (χ0n) is 14.5. The van der Waals surface area contributed by atoms with E-state index >= 15 is 0 Å². The predicted molar refractivity (Wildman–Crippen MR) is 90.9 cm³/mol. The van der Waals surface area contributed by atoms with Gasteiger partial charge in [0.15, 0.2) is 0 Å². The van der Waals surface area contributed by atoms with Crippen molar-refractivity contribution in [3.63, 3.8) is 0 Å². The van der Waals surface area contributed by atoms with Crippen LogP contribution in [0.2, 0.25) is 0 Å². The van der Waals surface area contributed by atoms with E-state index in [1.807, 2.05) is 0 Å². The topological polar surface area (TPSA) is 34.2 Å². The molecule has 4 heterocycles. The van der Waals surface area contributed by atoms with Crippen LogP contribution in [0, 0.1) is 0 Å². The number of nitrogens with zero attached hydrogens (tertiary/aromatic N) is 4. The van der Waals surface area contributed by atoms with Crippen molar-refractivity contribution in [1.82, 2.24) is 25.1 Å². The number of hydrogen-bond donors (Lipinski definition) is 1. The number of hydrogen-bond acceptors (Lipinski definition) is 6. The van der Waals surface area contributed by atoms with Gasteiger partial charge in [-0.3, -0.25) is 9.80 Å². The number of morpholine rings is 1. The van der Waals surface area contributed by atoms with Gasteiger partial charge in [-0.1, -0.05) is 6.42 Å². The summed E-state index contributed by atoms with van der Waals surface area (Å²) in [6, 6.07) is 0. The summed E-state index contributed by atoms with van der Waals surface area (Å²) in [5, 5.41) is 8.99. The van der Waals surface area contributed by atoms with Crippen molar-refractivity contribution in [2.24, 2.45) is 0 Å². The molecule has 4 fully saturated rings. The van der Waals surface area contributed by atoms with E-state index in [1.165, 1.54) is 64.8 Å². The Morgan fingerprint density at radius 1 is 0.696 bits per heavy atom. The van der Waals surface area contributed by atoms with Crippen molar-refractivity contribution in [3.8, 4) is 0 Å². The van der Waals surface area contributed by atoms with Crippen molar-refractivity contribution in [1.29, 1.82) is 0 Å². The molecule has 1 N–H and O–H groups in total. The van der Waals surface area contributed by atoms with Crippen LogP contribution in [-0.2, 0) is 4.74 Å². The van der Waals surface area contributed by atoms with Crippen molar-refractivity contribution in [2.75, 3.05) is 72.1 Å². The lowest BCUT2D eigenvalue weighted by atomic mass is 10.1. The van der Waals surface area contributed by atoms with E-state index in [4.69, 9.17) is 4.74 Å². The third-order valence-electron chi connectivity index (χ3n) is 6.11. The average Bonchev–Trinajstić information content (AvgIpc) is 3.10. The van der Waals surface area contributed by atoms with Crippen LogP contribution in [0.25, 0.3) is 0 Å². The standard InChI is InChI=1S/C17H33N5O/c1-2-8-21(9-3-1)22-10-4-5-17(22,19-11-6-18-7-12-19)20-13-15-23-16-14-20/h18H,1-16H2. The summed E-state index contributed by atoms with van der Waals surface area (Å²) in [7, 11) is 0. The normalized spacial score (nSPS) is 36.5. The zero-order chi connectivity index (χ0) is 15.5. The molecular weight excluding hydrogens is 290 g/mol. The molecule has 23 heavy (non-hydrogen) atoms. The molecule has 0 aromatic carbocycles. The second-order valence-electron chi connectivity index (χ2n) is 7.35. The van der Waals surface area contributed by atoms with Crippen LogP contribution in [0.4, 0.5) is 0 Å². The first-order chi connectivity index (χ1) is 11.4. The molecule has 1 unspecified atom stereocenters. The first kappa shape index (κ1) is 16.2. The van der Waals surface area contributed by atoms with E-state index in [0.717, 1.165) is 39.4 Å². The van der Waals surface area contributed by atoms with E-state index < -0.39 is 0 Å². The molecule has 4 aliphatic heterocycles. The quantitative estimate of drug-likeness (QED) is 0.809. The number of piperidine rings is 1. The van der Waals surface area contributed by atoms with Crippen molar-refractivity contribution < 1.29 is 4.74 Å². The molecule has 4 aliphatic rings. The summed E-state index contributed by atoms with van der Waals surface area (Å²) in [6.07, 6.45) is 6.72. The van der Waals surface area contributed by atoms with Crippen LogP contribution in [0.15, 0.2) is 0 Å². The molecule has 0 bridgehead atoms. The van der Waals surface area contributed by atoms with Gasteiger partial charge >= 0.3 is 0 Å². The highest BCUT2D eigenvalue weighted by Gasteiger charge is 2.52. The number of piperazine rings is 1. The van der Waals surface area contributed by atoms with Gasteiger partial charge < -0.3 is 10.1 Å². The summed E-state index contributed by atoms with van der Waals surface area (Å²) >= 11 is 0. The Morgan fingerprint density at radius 3 is 2.13 bits per heavy atom. The Morgan fingerprint density at radius 2 is 1.39 bits per heavy atom. The molecule has 6 heteroatoms. The minimum absolute atomic E-state index is 0.114. The van der Waals surface area contributed by atoms with Gasteiger partial charge in [-0.2, -0.15) is 0 Å². The highest BCUT2D eigenvalue weighted by molar-refractivity contribution is 4.97. The van der Waals surface area contributed by atoms with Gasteiger partial charge in [0.2, 0.25) is 0 Å². The minimum Gasteiger partial charge on any atom is -0.379 e. The lowest BCUT2D eigenvalue weighted by Crippen LogP contribution is -2.74. The average molecular weight is 323 g/mol. The summed E-state index contributed by atoms with van der Waals surface area (Å²) < 4.78 is 5.67. The van der Waals surface area contributed by atoms with E-state index in [9.17, 15) is 0 Å². The number of nitrogens with one attached hydrogen (secondary N) is 1. The molecule has 6 nitrogen and oxygen atoms in total. The Labute approximate surface area is 140 Å². The first-order valence-corrected chi connectivity index (χ1v) is 9.72.